The van der Waals surface area contributed by atoms with Crippen LogP contribution >= 0.6 is 11.6 Å². The van der Waals surface area contributed by atoms with E-state index in [1.165, 1.54) is 0 Å². The molecule has 9 nitrogen and oxygen atoms in total. The predicted molar refractivity (Wildman–Crippen MR) is 98.3 cm³/mol. The molecule has 0 spiro atoms. The second-order valence-electron chi connectivity index (χ2n) is 7.17. The lowest BCUT2D eigenvalue weighted by Crippen LogP contribution is -2.41. The van der Waals surface area contributed by atoms with Crippen LogP contribution < -0.4 is 4.74 Å². The summed E-state index contributed by atoms with van der Waals surface area (Å²) < 4.78 is 11.0. The molecule has 1 aromatic carbocycles. The van der Waals surface area contributed by atoms with E-state index in [2.05, 4.69) is 5.10 Å². The summed E-state index contributed by atoms with van der Waals surface area (Å²) in [6.45, 7) is 5.78. The summed E-state index contributed by atoms with van der Waals surface area (Å²) in [6, 6.07) is 6.53. The zero-order valence-electron chi connectivity index (χ0n) is 15.1. The van der Waals surface area contributed by atoms with Crippen molar-refractivity contribution in [3.05, 3.63) is 39.4 Å². The van der Waals surface area contributed by atoms with Gasteiger partial charge < -0.3 is 14.4 Å². The minimum Gasteiger partial charge on any atom is -0.408 e. The van der Waals surface area contributed by atoms with Crippen LogP contribution in [0.4, 0.5) is 4.79 Å². The molecule has 1 unspecified atom stereocenters. The van der Waals surface area contributed by atoms with Crippen LogP contribution in [0.15, 0.2) is 29.4 Å². The van der Waals surface area contributed by atoms with Crippen LogP contribution in [0.25, 0.3) is 0 Å². The molecule has 27 heavy (non-hydrogen) atoms. The molecule has 0 bridgehead atoms. The van der Waals surface area contributed by atoms with Crippen LogP contribution in [-0.2, 0) is 4.74 Å². The second kappa shape index (κ2) is 7.69. The Kier molecular flexibility index (Phi) is 5.52. The SMILES string of the molecule is CC1(C)CC(CN2CCN(C(=O)Oc3ccccc3Cl)C2=N[N+](=O)[O-])CO1. The number of amides is 1. The number of nitro groups is 1. The molecule has 1 aromatic rings. The summed E-state index contributed by atoms with van der Waals surface area (Å²) in [4.78, 5) is 26.4. The Balaban J connectivity index is 1.73. The summed E-state index contributed by atoms with van der Waals surface area (Å²) in [5.41, 5.74) is -0.215. The van der Waals surface area contributed by atoms with E-state index in [1.54, 1.807) is 29.2 Å². The van der Waals surface area contributed by atoms with Gasteiger partial charge >= 0.3 is 6.09 Å². The van der Waals surface area contributed by atoms with Gasteiger partial charge in [-0.1, -0.05) is 23.7 Å². The van der Waals surface area contributed by atoms with E-state index < -0.39 is 11.1 Å². The standard InChI is InChI=1S/C17H21ClN4O5/c1-17(2)9-12(11-26-17)10-20-7-8-21(15(20)19-22(24)25)16(23)27-14-6-4-3-5-13(14)18/h3-6,12H,7-11H2,1-2H3. The maximum Gasteiger partial charge on any atom is 0.422 e. The van der Waals surface area contributed by atoms with Gasteiger partial charge in [0, 0.05) is 19.0 Å². The highest BCUT2D eigenvalue weighted by Gasteiger charge is 2.39. The van der Waals surface area contributed by atoms with E-state index in [1.807, 2.05) is 13.8 Å². The number of hydrogen-bond acceptors (Lipinski definition) is 5. The monoisotopic (exact) mass is 396 g/mol. The fourth-order valence-corrected chi connectivity index (χ4v) is 3.56. The fraction of sp³-hybridized carbons (Fsp3) is 0.529. The van der Waals surface area contributed by atoms with E-state index in [0.29, 0.717) is 19.7 Å². The molecule has 0 radical (unpaired) electrons. The molecule has 3 rings (SSSR count). The molecule has 0 aliphatic carbocycles. The molecule has 2 fully saturated rings. The molecule has 0 N–H and O–H groups in total. The van der Waals surface area contributed by atoms with Crippen molar-refractivity contribution in [1.29, 1.82) is 0 Å². The van der Waals surface area contributed by atoms with Crippen LogP contribution in [0.3, 0.4) is 0 Å². The van der Waals surface area contributed by atoms with Gasteiger partial charge in [0.1, 0.15) is 5.10 Å². The molecule has 2 heterocycles. The number of rotatable bonds is 4. The maximum atomic E-state index is 12.5. The van der Waals surface area contributed by atoms with Gasteiger partial charge in [0.25, 0.3) is 5.96 Å². The highest BCUT2D eigenvalue weighted by Crippen LogP contribution is 2.30. The number of nitrogens with zero attached hydrogens (tertiary/aromatic N) is 4. The highest BCUT2D eigenvalue weighted by molar-refractivity contribution is 6.32. The Morgan fingerprint density at radius 1 is 1.44 bits per heavy atom. The molecule has 2 aliphatic heterocycles. The summed E-state index contributed by atoms with van der Waals surface area (Å²) in [5, 5.41) is 13.9. The molecule has 2 saturated heterocycles. The molecule has 2 aliphatic rings. The van der Waals surface area contributed by atoms with Crippen molar-refractivity contribution >= 4 is 23.7 Å². The molecule has 0 aromatic heterocycles. The predicted octanol–water partition coefficient (Wildman–Crippen LogP) is 2.82. The first-order valence-electron chi connectivity index (χ1n) is 8.61. The van der Waals surface area contributed by atoms with Crippen molar-refractivity contribution < 1.29 is 19.3 Å². The van der Waals surface area contributed by atoms with E-state index in [4.69, 9.17) is 21.1 Å². The number of benzene rings is 1. The molecule has 1 atom stereocenters. The Morgan fingerprint density at radius 3 is 2.81 bits per heavy atom. The fourth-order valence-electron chi connectivity index (χ4n) is 3.39. The van der Waals surface area contributed by atoms with Gasteiger partial charge in [0.05, 0.1) is 23.8 Å². The molecular weight excluding hydrogens is 376 g/mol. The number of carbonyl (C=O) groups excluding carboxylic acids is 1. The minimum absolute atomic E-state index is 0.0261. The average molecular weight is 397 g/mol. The molecule has 0 saturated carbocycles. The summed E-state index contributed by atoms with van der Waals surface area (Å²) in [7, 11) is 0. The Hall–Kier alpha value is -2.39. The number of carbonyl (C=O) groups is 1. The van der Waals surface area contributed by atoms with Gasteiger partial charge in [-0.05, 0) is 32.4 Å². The summed E-state index contributed by atoms with van der Waals surface area (Å²) >= 11 is 6.01. The first-order chi connectivity index (χ1) is 12.7. The first kappa shape index (κ1) is 19.4. The van der Waals surface area contributed by atoms with Crippen molar-refractivity contribution in [3.8, 4) is 5.75 Å². The van der Waals surface area contributed by atoms with Gasteiger partial charge in [0.15, 0.2) is 10.8 Å². The Morgan fingerprint density at radius 2 is 2.19 bits per heavy atom. The molecule has 1 amide bonds. The van der Waals surface area contributed by atoms with Gasteiger partial charge in [0.2, 0.25) is 0 Å². The van der Waals surface area contributed by atoms with Crippen LogP contribution in [0.2, 0.25) is 5.02 Å². The van der Waals surface area contributed by atoms with Gasteiger partial charge in [-0.15, -0.1) is 0 Å². The summed E-state index contributed by atoms with van der Waals surface area (Å²) in [5.74, 6) is 0.368. The third-order valence-electron chi connectivity index (χ3n) is 4.51. The molecular formula is C17H21ClN4O5. The zero-order valence-corrected chi connectivity index (χ0v) is 15.9. The van der Waals surface area contributed by atoms with Crippen LogP contribution in [-0.4, -0.2) is 58.7 Å². The van der Waals surface area contributed by atoms with E-state index >= 15 is 0 Å². The normalized spacial score (nSPS) is 23.1. The largest absolute Gasteiger partial charge is 0.422 e. The summed E-state index contributed by atoms with van der Waals surface area (Å²) in [6.07, 6.45) is 0.0773. The van der Waals surface area contributed by atoms with Crippen LogP contribution in [0.5, 0.6) is 5.75 Å². The number of ether oxygens (including phenoxy) is 2. The lowest BCUT2D eigenvalue weighted by atomic mass is 9.97. The van der Waals surface area contributed by atoms with Crippen LogP contribution in [0.1, 0.15) is 20.3 Å². The quantitative estimate of drug-likeness (QED) is 0.573. The van der Waals surface area contributed by atoms with Gasteiger partial charge in [-0.3, -0.25) is 0 Å². The number of para-hydroxylation sites is 1. The highest BCUT2D eigenvalue weighted by atomic mass is 35.5. The Labute approximate surface area is 161 Å². The third-order valence-corrected chi connectivity index (χ3v) is 4.82. The topological polar surface area (TPSA) is 97.5 Å². The average Bonchev–Trinajstić information content (AvgIpc) is 3.12. The number of hydrogen-bond donors (Lipinski definition) is 0. The van der Waals surface area contributed by atoms with E-state index in [-0.39, 0.29) is 34.8 Å². The van der Waals surface area contributed by atoms with Crippen molar-refractivity contribution in [3.63, 3.8) is 0 Å². The maximum absolute atomic E-state index is 12.5. The van der Waals surface area contributed by atoms with Gasteiger partial charge in [-0.2, -0.15) is 0 Å². The smallest absolute Gasteiger partial charge is 0.408 e. The number of hydrazone groups is 1. The third kappa shape index (κ3) is 4.67. The number of guanidine groups is 1. The lowest BCUT2D eigenvalue weighted by Gasteiger charge is -2.22. The van der Waals surface area contributed by atoms with Crippen molar-refractivity contribution in [2.45, 2.75) is 25.9 Å². The van der Waals surface area contributed by atoms with Crippen molar-refractivity contribution in [1.82, 2.24) is 9.80 Å². The first-order valence-corrected chi connectivity index (χ1v) is 8.99. The Bertz CT molecular complexity index is 769. The molecule has 10 heteroatoms. The van der Waals surface area contributed by atoms with Crippen LogP contribution in [0, 0.1) is 16.0 Å². The van der Waals surface area contributed by atoms with E-state index in [0.717, 1.165) is 11.3 Å². The van der Waals surface area contributed by atoms with Crippen molar-refractivity contribution in [2.24, 2.45) is 11.0 Å². The minimum atomic E-state index is -0.807. The van der Waals surface area contributed by atoms with Gasteiger partial charge in [-0.25, -0.2) is 19.8 Å². The van der Waals surface area contributed by atoms with Crippen molar-refractivity contribution in [2.75, 3.05) is 26.2 Å². The van der Waals surface area contributed by atoms with E-state index in [9.17, 15) is 14.9 Å². The molecule has 146 valence electrons. The zero-order chi connectivity index (χ0) is 19.6. The lowest BCUT2D eigenvalue weighted by molar-refractivity contribution is -0.486. The number of halogens is 1. The second-order valence-corrected chi connectivity index (χ2v) is 7.58.